The van der Waals surface area contributed by atoms with Gasteiger partial charge in [-0.1, -0.05) is 11.6 Å². The smallest absolute Gasteiger partial charge is 0.373 e. The highest BCUT2D eigenvalue weighted by Gasteiger charge is 2.32. The lowest BCUT2D eigenvalue weighted by Gasteiger charge is -2.28. The molecule has 1 unspecified atom stereocenters. The van der Waals surface area contributed by atoms with E-state index in [1.807, 2.05) is 10.9 Å². The van der Waals surface area contributed by atoms with Crippen LogP contribution in [0.1, 0.15) is 60.8 Å². The van der Waals surface area contributed by atoms with E-state index in [0.29, 0.717) is 31.3 Å². The third-order valence-corrected chi connectivity index (χ3v) is 6.84. The molecule has 2 aliphatic rings. The van der Waals surface area contributed by atoms with Crippen molar-refractivity contribution in [2.24, 2.45) is 0 Å². The monoisotopic (exact) mass is 532 g/mol. The van der Waals surface area contributed by atoms with Crippen molar-refractivity contribution in [3.8, 4) is 11.3 Å². The highest BCUT2D eigenvalue weighted by molar-refractivity contribution is 6.30. The van der Waals surface area contributed by atoms with E-state index < -0.39 is 18.4 Å². The second-order valence-electron chi connectivity index (χ2n) is 9.45. The summed E-state index contributed by atoms with van der Waals surface area (Å²) >= 11 is 5.93. The van der Waals surface area contributed by atoms with Crippen molar-refractivity contribution < 1.29 is 22.3 Å². The van der Waals surface area contributed by atoms with Crippen molar-refractivity contribution in [3.05, 3.63) is 64.7 Å². The number of nitrogens with zero attached hydrogens (tertiary/aromatic N) is 6. The van der Waals surface area contributed by atoms with Crippen LogP contribution in [-0.2, 0) is 11.2 Å². The maximum Gasteiger partial charge on any atom is 0.394 e. The molecular weight excluding hydrogens is 512 g/mol. The van der Waals surface area contributed by atoms with Crippen molar-refractivity contribution in [1.82, 2.24) is 29.7 Å². The first-order chi connectivity index (χ1) is 17.7. The Bertz CT molecular complexity index is 1470. The Labute approximate surface area is 213 Å². The molecule has 0 spiro atoms. The Balaban J connectivity index is 1.40. The first-order valence-corrected chi connectivity index (χ1v) is 12.3. The molecule has 2 atom stereocenters. The first kappa shape index (κ1) is 24.2. The summed E-state index contributed by atoms with van der Waals surface area (Å²) in [5, 5.41) is 4.65. The molecular formula is C25H21ClF4N6O. The number of hydrogen-bond donors (Lipinski definition) is 0. The lowest BCUT2D eigenvalue weighted by Crippen LogP contribution is -2.21. The zero-order chi connectivity index (χ0) is 25.7. The van der Waals surface area contributed by atoms with Crippen LogP contribution in [0.4, 0.5) is 17.6 Å². The number of benzene rings is 1. The zero-order valence-electron chi connectivity index (χ0n) is 19.4. The zero-order valence-corrected chi connectivity index (χ0v) is 20.2. The third kappa shape index (κ3) is 5.15. The van der Waals surface area contributed by atoms with Gasteiger partial charge in [-0.2, -0.15) is 18.3 Å². The number of aromatic nitrogens is 6. The van der Waals surface area contributed by atoms with Gasteiger partial charge in [-0.25, -0.2) is 24.3 Å². The van der Waals surface area contributed by atoms with Crippen LogP contribution < -0.4 is 0 Å². The first-order valence-electron chi connectivity index (χ1n) is 11.9. The molecule has 0 radical (unpaired) electrons. The number of alkyl halides is 3. The van der Waals surface area contributed by atoms with E-state index >= 15 is 0 Å². The van der Waals surface area contributed by atoms with Crippen molar-refractivity contribution >= 4 is 22.8 Å². The van der Waals surface area contributed by atoms with E-state index in [9.17, 15) is 17.6 Å². The number of hydrogen-bond acceptors (Lipinski definition) is 6. The summed E-state index contributed by atoms with van der Waals surface area (Å²) in [5.41, 5.74) is 1.05. The van der Waals surface area contributed by atoms with Gasteiger partial charge in [-0.15, -0.1) is 0 Å². The summed E-state index contributed by atoms with van der Waals surface area (Å²) in [6.45, 7) is 0.440. The SMILES string of the molecule is Fc1cc(Cl)ccc1-c1nc(C2CCO[C@@H](c3cnn(C4CC4)c3)C2)nc2nc(CC(F)(F)F)cnc12. The predicted molar refractivity (Wildman–Crippen MR) is 126 cm³/mol. The third-order valence-electron chi connectivity index (χ3n) is 6.61. The molecule has 3 aromatic heterocycles. The Kier molecular flexibility index (Phi) is 6.07. The van der Waals surface area contributed by atoms with Gasteiger partial charge in [0.25, 0.3) is 0 Å². The Hall–Kier alpha value is -3.18. The van der Waals surface area contributed by atoms with Crippen molar-refractivity contribution in [3.63, 3.8) is 0 Å². The molecule has 37 heavy (non-hydrogen) atoms. The molecule has 0 bridgehead atoms. The van der Waals surface area contributed by atoms with Gasteiger partial charge in [0.2, 0.25) is 0 Å². The Morgan fingerprint density at radius 2 is 1.92 bits per heavy atom. The average molecular weight is 533 g/mol. The molecule has 1 aromatic carbocycles. The van der Waals surface area contributed by atoms with Gasteiger partial charge in [0.05, 0.1) is 30.5 Å². The highest BCUT2D eigenvalue weighted by Crippen LogP contribution is 2.40. The molecule has 12 heteroatoms. The van der Waals surface area contributed by atoms with Crippen LogP contribution in [0, 0.1) is 5.82 Å². The second-order valence-corrected chi connectivity index (χ2v) is 9.88. The van der Waals surface area contributed by atoms with Crippen molar-refractivity contribution in [1.29, 1.82) is 0 Å². The normalized spacial score (nSPS) is 20.5. The molecule has 1 saturated carbocycles. The Morgan fingerprint density at radius 1 is 1.08 bits per heavy atom. The van der Waals surface area contributed by atoms with Crippen LogP contribution in [0.15, 0.2) is 36.8 Å². The fraction of sp³-hybridized carbons (Fsp3) is 0.400. The maximum atomic E-state index is 14.9. The van der Waals surface area contributed by atoms with Crippen molar-refractivity contribution in [2.75, 3.05) is 6.61 Å². The number of halogens is 5. The van der Waals surface area contributed by atoms with Gasteiger partial charge in [0.15, 0.2) is 5.65 Å². The summed E-state index contributed by atoms with van der Waals surface area (Å²) in [6.07, 6.45) is 2.25. The molecule has 0 N–H and O–H groups in total. The maximum absolute atomic E-state index is 14.9. The van der Waals surface area contributed by atoms with Crippen LogP contribution in [0.3, 0.4) is 0 Å². The van der Waals surface area contributed by atoms with Gasteiger partial charge in [-0.05, 0) is 43.9 Å². The van der Waals surface area contributed by atoms with E-state index in [4.69, 9.17) is 16.3 Å². The number of ether oxygens (including phenoxy) is 1. The minimum Gasteiger partial charge on any atom is -0.373 e. The van der Waals surface area contributed by atoms with Crippen LogP contribution >= 0.6 is 11.6 Å². The van der Waals surface area contributed by atoms with E-state index in [2.05, 4.69) is 25.0 Å². The molecule has 4 heterocycles. The van der Waals surface area contributed by atoms with Gasteiger partial charge in [0, 0.05) is 41.1 Å². The summed E-state index contributed by atoms with van der Waals surface area (Å²) in [4.78, 5) is 17.5. The van der Waals surface area contributed by atoms with E-state index in [1.54, 1.807) is 6.20 Å². The topological polar surface area (TPSA) is 78.6 Å². The largest absolute Gasteiger partial charge is 0.394 e. The van der Waals surface area contributed by atoms with E-state index in [1.165, 1.54) is 12.1 Å². The van der Waals surface area contributed by atoms with Crippen LogP contribution in [0.2, 0.25) is 5.02 Å². The van der Waals surface area contributed by atoms with Gasteiger partial charge in [0.1, 0.15) is 22.9 Å². The molecule has 192 valence electrons. The van der Waals surface area contributed by atoms with Crippen molar-refractivity contribution in [2.45, 2.75) is 56.3 Å². The number of fused-ring (bicyclic) bond motifs is 1. The predicted octanol–water partition coefficient (Wildman–Crippen LogP) is 6.15. The van der Waals surface area contributed by atoms with E-state index in [0.717, 1.165) is 30.7 Å². The summed E-state index contributed by atoms with van der Waals surface area (Å²) in [5.74, 6) is -0.454. The second kappa shape index (κ2) is 9.29. The molecule has 0 amide bonds. The van der Waals surface area contributed by atoms with Gasteiger partial charge < -0.3 is 4.74 Å². The minimum atomic E-state index is -4.46. The number of rotatable bonds is 5. The molecule has 1 aliphatic heterocycles. The highest BCUT2D eigenvalue weighted by atomic mass is 35.5. The molecule has 4 aromatic rings. The molecule has 2 fully saturated rings. The fourth-order valence-electron chi connectivity index (χ4n) is 4.62. The molecule has 7 nitrogen and oxygen atoms in total. The minimum absolute atomic E-state index is 0.0132. The standard InChI is InChI=1S/C25H21ClF4N6O/c26-15-1-4-18(19(27)8-15)21-22-24(33-16(11-31-22)9-25(28,29)30)35-23(34-21)13-5-6-37-20(7-13)14-10-32-36(12-14)17-2-3-17/h1,4,8,10-13,17,20H,2-3,5-7,9H2/t13?,20-/m1/s1. The quantitative estimate of drug-likeness (QED) is 0.287. The van der Waals surface area contributed by atoms with Gasteiger partial charge >= 0.3 is 6.18 Å². The molecule has 1 saturated heterocycles. The van der Waals surface area contributed by atoms with Crippen LogP contribution in [0.5, 0.6) is 0 Å². The van der Waals surface area contributed by atoms with Crippen LogP contribution in [0.25, 0.3) is 22.4 Å². The lowest BCUT2D eigenvalue weighted by molar-refractivity contribution is -0.127. The fourth-order valence-corrected chi connectivity index (χ4v) is 4.78. The lowest BCUT2D eigenvalue weighted by atomic mass is 9.92. The summed E-state index contributed by atoms with van der Waals surface area (Å²) in [7, 11) is 0. The summed E-state index contributed by atoms with van der Waals surface area (Å²) in [6, 6.07) is 4.57. The molecule has 1 aliphatic carbocycles. The van der Waals surface area contributed by atoms with Crippen LogP contribution in [-0.4, -0.2) is 42.5 Å². The molecule has 6 rings (SSSR count). The Morgan fingerprint density at radius 3 is 2.68 bits per heavy atom. The summed E-state index contributed by atoms with van der Waals surface area (Å²) < 4.78 is 61.9. The van der Waals surface area contributed by atoms with E-state index in [-0.39, 0.29) is 45.2 Å². The van der Waals surface area contributed by atoms with Gasteiger partial charge in [-0.3, -0.25) is 4.68 Å². The average Bonchev–Trinajstić information content (AvgIpc) is 3.58.